The summed E-state index contributed by atoms with van der Waals surface area (Å²) in [4.78, 5) is 12.0. The summed E-state index contributed by atoms with van der Waals surface area (Å²) in [6, 6.07) is 0. The monoisotopic (exact) mass is 290 g/mol. The van der Waals surface area contributed by atoms with Gasteiger partial charge in [-0.2, -0.15) is 4.98 Å². The van der Waals surface area contributed by atoms with E-state index < -0.39 is 12.5 Å². The van der Waals surface area contributed by atoms with Crippen molar-refractivity contribution in [1.29, 1.82) is 0 Å². The van der Waals surface area contributed by atoms with Crippen molar-refractivity contribution in [2.24, 2.45) is 0 Å². The fourth-order valence-electron chi connectivity index (χ4n) is 1.75. The second kappa shape index (κ2) is 4.60. The number of fused-ring (bicyclic) bond motifs is 1. The minimum Gasteiger partial charge on any atom is -0.391 e. The van der Waals surface area contributed by atoms with Crippen LogP contribution in [0.25, 0.3) is 11.2 Å². The molecule has 9 heteroatoms. The topological polar surface area (TPSA) is 82.3 Å². The molecule has 3 rings (SSSR count). The van der Waals surface area contributed by atoms with Gasteiger partial charge in [0.1, 0.15) is 5.52 Å². The predicted octanol–water partition coefficient (Wildman–Crippen LogP) is 0.997. The molecule has 1 saturated heterocycles. The first kappa shape index (κ1) is 12.1. The molecular weight excluding hydrogens is 283 g/mol. The van der Waals surface area contributed by atoms with Crippen molar-refractivity contribution in [3.63, 3.8) is 0 Å². The summed E-state index contributed by atoms with van der Waals surface area (Å²) in [5.74, 6) is 0. The maximum Gasteiger partial charge on any atom is 0.225 e. The Kier molecular flexibility index (Phi) is 3.08. The molecule has 0 unspecified atom stereocenters. The first-order chi connectivity index (χ1) is 8.69. The fourth-order valence-corrected chi connectivity index (χ4v) is 2.17. The number of aromatic nitrogens is 4. The Labute approximate surface area is 111 Å². The van der Waals surface area contributed by atoms with Gasteiger partial charge in [0.15, 0.2) is 23.3 Å². The van der Waals surface area contributed by atoms with Crippen LogP contribution in [-0.4, -0.2) is 44.1 Å². The van der Waals surface area contributed by atoms with Gasteiger partial charge in [0, 0.05) is 0 Å². The highest BCUT2D eigenvalue weighted by Crippen LogP contribution is 2.27. The van der Waals surface area contributed by atoms with Crippen molar-refractivity contribution in [3.05, 3.63) is 16.8 Å². The SMILES string of the molecule is OC[C@@H]1OC[C@H](n2cnc3c(Cl)nc(Cl)nc32)O1. The zero-order valence-electron chi connectivity index (χ0n) is 8.95. The summed E-state index contributed by atoms with van der Waals surface area (Å²) in [6.45, 7) is 0.0789. The number of nitrogens with zero attached hydrogens (tertiary/aromatic N) is 4. The van der Waals surface area contributed by atoms with Crippen molar-refractivity contribution in [2.75, 3.05) is 13.2 Å². The van der Waals surface area contributed by atoms with Crippen LogP contribution in [0, 0.1) is 0 Å². The molecule has 3 heterocycles. The summed E-state index contributed by atoms with van der Waals surface area (Å²) >= 11 is 11.7. The Morgan fingerprint density at radius 1 is 1.44 bits per heavy atom. The molecule has 1 N–H and O–H groups in total. The Bertz CT molecular complexity index is 590. The summed E-state index contributed by atoms with van der Waals surface area (Å²) in [5.41, 5.74) is 0.907. The molecule has 0 saturated carbocycles. The third kappa shape index (κ3) is 1.94. The van der Waals surface area contributed by atoms with Gasteiger partial charge in [-0.1, -0.05) is 11.6 Å². The molecule has 1 fully saturated rings. The van der Waals surface area contributed by atoms with Gasteiger partial charge in [0.05, 0.1) is 19.5 Å². The van der Waals surface area contributed by atoms with Gasteiger partial charge in [-0.3, -0.25) is 4.57 Å². The number of aliphatic hydroxyl groups excluding tert-OH is 1. The fraction of sp³-hybridized carbons (Fsp3) is 0.444. The van der Waals surface area contributed by atoms with E-state index in [1.165, 1.54) is 6.33 Å². The average Bonchev–Trinajstić information content (AvgIpc) is 2.93. The van der Waals surface area contributed by atoms with Gasteiger partial charge >= 0.3 is 0 Å². The average molecular weight is 291 g/mol. The zero-order valence-corrected chi connectivity index (χ0v) is 10.5. The van der Waals surface area contributed by atoms with Crippen molar-refractivity contribution in [2.45, 2.75) is 12.5 Å². The smallest absolute Gasteiger partial charge is 0.225 e. The maximum absolute atomic E-state index is 8.94. The first-order valence-electron chi connectivity index (χ1n) is 5.12. The van der Waals surface area contributed by atoms with Crippen LogP contribution < -0.4 is 0 Å². The highest BCUT2D eigenvalue weighted by Gasteiger charge is 2.28. The van der Waals surface area contributed by atoms with Gasteiger partial charge < -0.3 is 14.6 Å². The van der Waals surface area contributed by atoms with Crippen LogP contribution in [0.5, 0.6) is 0 Å². The van der Waals surface area contributed by atoms with Crippen LogP contribution in [0.3, 0.4) is 0 Å². The van der Waals surface area contributed by atoms with Crippen LogP contribution in [0.15, 0.2) is 6.33 Å². The van der Waals surface area contributed by atoms with E-state index in [0.717, 1.165) is 0 Å². The third-order valence-electron chi connectivity index (χ3n) is 2.54. The highest BCUT2D eigenvalue weighted by atomic mass is 35.5. The molecule has 2 aromatic heterocycles. The predicted molar refractivity (Wildman–Crippen MR) is 62.3 cm³/mol. The maximum atomic E-state index is 8.94. The lowest BCUT2D eigenvalue weighted by molar-refractivity contribution is -0.0980. The largest absolute Gasteiger partial charge is 0.391 e. The number of imidazole rings is 1. The van der Waals surface area contributed by atoms with Gasteiger partial charge in [0.25, 0.3) is 0 Å². The summed E-state index contributed by atoms with van der Waals surface area (Å²) in [5, 5.41) is 9.16. The molecule has 0 bridgehead atoms. The molecule has 0 aromatic carbocycles. The highest BCUT2D eigenvalue weighted by molar-refractivity contribution is 6.35. The summed E-state index contributed by atoms with van der Waals surface area (Å²) in [7, 11) is 0. The Morgan fingerprint density at radius 2 is 2.28 bits per heavy atom. The molecule has 0 amide bonds. The van der Waals surface area contributed by atoms with E-state index in [4.69, 9.17) is 37.8 Å². The van der Waals surface area contributed by atoms with E-state index >= 15 is 0 Å². The number of hydrogen-bond donors (Lipinski definition) is 1. The van der Waals surface area contributed by atoms with Crippen LogP contribution in [0.2, 0.25) is 10.4 Å². The van der Waals surface area contributed by atoms with Crippen molar-refractivity contribution >= 4 is 34.4 Å². The Hall–Kier alpha value is -0.990. The van der Waals surface area contributed by atoms with Crippen molar-refractivity contribution < 1.29 is 14.6 Å². The lowest BCUT2D eigenvalue weighted by Crippen LogP contribution is -2.15. The second-order valence-electron chi connectivity index (χ2n) is 3.64. The molecule has 0 spiro atoms. The molecule has 1 aliphatic rings. The number of aliphatic hydroxyl groups is 1. The van der Waals surface area contributed by atoms with E-state index in [1.807, 2.05) is 0 Å². The number of hydrogen-bond acceptors (Lipinski definition) is 6. The molecular formula is C9H8Cl2N4O3. The van der Waals surface area contributed by atoms with Crippen LogP contribution in [0.1, 0.15) is 6.23 Å². The lowest BCUT2D eigenvalue weighted by Gasteiger charge is -2.11. The number of rotatable bonds is 2. The van der Waals surface area contributed by atoms with Crippen LogP contribution in [-0.2, 0) is 9.47 Å². The molecule has 2 atom stereocenters. The molecule has 18 heavy (non-hydrogen) atoms. The van der Waals surface area contributed by atoms with E-state index in [-0.39, 0.29) is 23.7 Å². The molecule has 2 aromatic rings. The Morgan fingerprint density at radius 3 is 3.00 bits per heavy atom. The summed E-state index contributed by atoms with van der Waals surface area (Å²) < 4.78 is 12.3. The van der Waals surface area contributed by atoms with E-state index in [0.29, 0.717) is 11.2 Å². The number of halogens is 2. The van der Waals surface area contributed by atoms with Gasteiger partial charge in [-0.05, 0) is 11.6 Å². The molecule has 1 aliphatic heterocycles. The molecule has 0 aliphatic carbocycles. The van der Waals surface area contributed by atoms with E-state index in [9.17, 15) is 0 Å². The van der Waals surface area contributed by atoms with E-state index in [2.05, 4.69) is 15.0 Å². The van der Waals surface area contributed by atoms with Crippen LogP contribution in [0.4, 0.5) is 0 Å². The van der Waals surface area contributed by atoms with Crippen molar-refractivity contribution in [3.8, 4) is 0 Å². The summed E-state index contributed by atoms with van der Waals surface area (Å²) in [6.07, 6.45) is 0.462. The van der Waals surface area contributed by atoms with Gasteiger partial charge in [0.2, 0.25) is 5.28 Å². The van der Waals surface area contributed by atoms with Gasteiger partial charge in [-0.25, -0.2) is 9.97 Å². The lowest BCUT2D eigenvalue weighted by atomic mass is 10.5. The molecule has 96 valence electrons. The second-order valence-corrected chi connectivity index (χ2v) is 4.34. The van der Waals surface area contributed by atoms with Crippen LogP contribution >= 0.6 is 23.2 Å². The minimum atomic E-state index is -0.639. The first-order valence-corrected chi connectivity index (χ1v) is 5.88. The molecule has 7 nitrogen and oxygen atoms in total. The standard InChI is InChI=1S/C9H8Cl2N4O3/c10-7-6-8(14-9(11)13-7)15(3-12-6)4-2-17-5(1-16)18-4/h3-5,16H,1-2H2/t4-,5-/m1/s1. The van der Waals surface area contributed by atoms with Gasteiger partial charge in [-0.15, -0.1) is 0 Å². The zero-order chi connectivity index (χ0) is 12.7. The molecule has 0 radical (unpaired) electrons. The third-order valence-corrected chi connectivity index (χ3v) is 2.98. The normalized spacial score (nSPS) is 23.9. The quantitative estimate of drug-likeness (QED) is 0.656. The number of ether oxygens (including phenoxy) is 2. The minimum absolute atomic E-state index is 0.0341. The van der Waals surface area contributed by atoms with E-state index in [1.54, 1.807) is 4.57 Å². The van der Waals surface area contributed by atoms with Crippen molar-refractivity contribution in [1.82, 2.24) is 19.5 Å². The Balaban J connectivity index is 2.03.